The fourth-order valence-electron chi connectivity index (χ4n) is 2.50. The number of methoxy groups -OCH3 is 1. The van der Waals surface area contributed by atoms with E-state index in [1.54, 1.807) is 7.11 Å². The largest absolute Gasteiger partial charge is 0.384 e. The summed E-state index contributed by atoms with van der Waals surface area (Å²) in [6.45, 7) is 1.57. The Kier molecular flexibility index (Phi) is 3.79. The molecule has 0 aliphatic heterocycles. The SMILES string of the molecule is COCCc1cc2cccnc2n1Cc1ccccc1. The molecule has 0 N–H and O–H groups in total. The quantitative estimate of drug-likeness (QED) is 0.708. The van der Waals surface area contributed by atoms with Gasteiger partial charge in [-0.15, -0.1) is 0 Å². The first-order valence-electron chi connectivity index (χ1n) is 6.84. The van der Waals surface area contributed by atoms with E-state index in [-0.39, 0.29) is 0 Å². The third-order valence-electron chi connectivity index (χ3n) is 3.49. The van der Waals surface area contributed by atoms with Crippen LogP contribution >= 0.6 is 0 Å². The van der Waals surface area contributed by atoms with Crippen molar-refractivity contribution < 1.29 is 4.74 Å². The number of rotatable bonds is 5. The van der Waals surface area contributed by atoms with Gasteiger partial charge in [0.1, 0.15) is 5.65 Å². The van der Waals surface area contributed by atoms with Gasteiger partial charge in [0.2, 0.25) is 0 Å². The van der Waals surface area contributed by atoms with Gasteiger partial charge in [0, 0.05) is 37.4 Å². The molecule has 102 valence electrons. The van der Waals surface area contributed by atoms with Crippen LogP contribution in [-0.4, -0.2) is 23.3 Å². The summed E-state index contributed by atoms with van der Waals surface area (Å²) in [5.41, 5.74) is 3.60. The highest BCUT2D eigenvalue weighted by atomic mass is 16.5. The van der Waals surface area contributed by atoms with Crippen LogP contribution in [-0.2, 0) is 17.7 Å². The van der Waals surface area contributed by atoms with Crippen molar-refractivity contribution in [1.29, 1.82) is 0 Å². The maximum atomic E-state index is 5.21. The minimum absolute atomic E-state index is 0.727. The first kappa shape index (κ1) is 12.9. The average Bonchev–Trinajstić information content (AvgIpc) is 2.84. The molecule has 3 heteroatoms. The molecule has 0 fully saturated rings. The van der Waals surface area contributed by atoms with Gasteiger partial charge in [-0.1, -0.05) is 30.3 Å². The van der Waals surface area contributed by atoms with E-state index in [9.17, 15) is 0 Å². The van der Waals surface area contributed by atoms with Crippen molar-refractivity contribution in [2.24, 2.45) is 0 Å². The van der Waals surface area contributed by atoms with E-state index in [4.69, 9.17) is 4.74 Å². The molecule has 0 amide bonds. The van der Waals surface area contributed by atoms with Crippen LogP contribution in [0.1, 0.15) is 11.3 Å². The molecular formula is C17H18N2O. The van der Waals surface area contributed by atoms with Crippen LogP contribution in [0.15, 0.2) is 54.7 Å². The summed E-state index contributed by atoms with van der Waals surface area (Å²) in [6.07, 6.45) is 2.75. The van der Waals surface area contributed by atoms with Crippen LogP contribution in [0.5, 0.6) is 0 Å². The van der Waals surface area contributed by atoms with Crippen LogP contribution in [0, 0.1) is 0 Å². The number of pyridine rings is 1. The maximum Gasteiger partial charge on any atom is 0.140 e. The highest BCUT2D eigenvalue weighted by Gasteiger charge is 2.09. The van der Waals surface area contributed by atoms with Gasteiger partial charge in [0.15, 0.2) is 0 Å². The predicted octanol–water partition coefficient (Wildman–Crippen LogP) is 3.27. The van der Waals surface area contributed by atoms with Gasteiger partial charge in [-0.25, -0.2) is 4.98 Å². The Hall–Kier alpha value is -2.13. The normalized spacial score (nSPS) is 11.1. The molecule has 3 aromatic rings. The van der Waals surface area contributed by atoms with Gasteiger partial charge in [-0.05, 0) is 23.8 Å². The lowest BCUT2D eigenvalue weighted by molar-refractivity contribution is 0.200. The summed E-state index contributed by atoms with van der Waals surface area (Å²) in [6, 6.07) is 16.8. The molecule has 0 aliphatic rings. The molecule has 0 saturated carbocycles. The number of hydrogen-bond donors (Lipinski definition) is 0. The lowest BCUT2D eigenvalue weighted by Crippen LogP contribution is -2.07. The first-order valence-corrected chi connectivity index (χ1v) is 6.84. The van der Waals surface area contributed by atoms with Crippen molar-refractivity contribution in [3.8, 4) is 0 Å². The van der Waals surface area contributed by atoms with Crippen LogP contribution in [0.3, 0.4) is 0 Å². The fourth-order valence-corrected chi connectivity index (χ4v) is 2.50. The highest BCUT2D eigenvalue weighted by Crippen LogP contribution is 2.20. The summed E-state index contributed by atoms with van der Waals surface area (Å²) in [4.78, 5) is 4.53. The molecule has 0 atom stereocenters. The number of nitrogens with zero attached hydrogens (tertiary/aromatic N) is 2. The highest BCUT2D eigenvalue weighted by molar-refractivity contribution is 5.77. The van der Waals surface area contributed by atoms with Crippen molar-refractivity contribution in [2.45, 2.75) is 13.0 Å². The third-order valence-corrected chi connectivity index (χ3v) is 3.49. The summed E-state index contributed by atoms with van der Waals surface area (Å²) in [7, 11) is 1.74. The van der Waals surface area contributed by atoms with E-state index in [1.165, 1.54) is 16.6 Å². The number of aromatic nitrogens is 2. The Morgan fingerprint density at radius 2 is 1.95 bits per heavy atom. The molecule has 0 spiro atoms. The predicted molar refractivity (Wildman–Crippen MR) is 80.9 cm³/mol. The number of ether oxygens (including phenoxy) is 1. The summed E-state index contributed by atoms with van der Waals surface area (Å²) < 4.78 is 7.49. The zero-order valence-electron chi connectivity index (χ0n) is 11.6. The van der Waals surface area contributed by atoms with Gasteiger partial charge < -0.3 is 9.30 Å². The van der Waals surface area contributed by atoms with E-state index < -0.39 is 0 Å². The second-order valence-electron chi connectivity index (χ2n) is 4.87. The minimum atomic E-state index is 0.727. The molecule has 0 saturated heterocycles. The van der Waals surface area contributed by atoms with Gasteiger partial charge >= 0.3 is 0 Å². The van der Waals surface area contributed by atoms with Crippen molar-refractivity contribution in [2.75, 3.05) is 13.7 Å². The standard InChI is InChI=1S/C17H18N2O/c1-20-11-9-16-12-15-8-5-10-18-17(15)19(16)13-14-6-3-2-4-7-14/h2-8,10,12H,9,11,13H2,1H3. The molecule has 2 aromatic heterocycles. The van der Waals surface area contributed by atoms with E-state index in [0.29, 0.717) is 0 Å². The Balaban J connectivity index is 2.01. The number of hydrogen-bond acceptors (Lipinski definition) is 2. The minimum Gasteiger partial charge on any atom is -0.384 e. The molecule has 20 heavy (non-hydrogen) atoms. The van der Waals surface area contributed by atoms with Gasteiger partial charge in [-0.3, -0.25) is 0 Å². The molecule has 0 bridgehead atoms. The molecule has 2 heterocycles. The first-order chi connectivity index (χ1) is 9.88. The van der Waals surface area contributed by atoms with Crippen LogP contribution < -0.4 is 0 Å². The van der Waals surface area contributed by atoms with E-state index in [2.05, 4.69) is 45.9 Å². The van der Waals surface area contributed by atoms with Crippen molar-refractivity contribution in [3.63, 3.8) is 0 Å². The lowest BCUT2D eigenvalue weighted by atomic mass is 10.2. The molecular weight excluding hydrogens is 248 g/mol. The Morgan fingerprint density at radius 3 is 2.75 bits per heavy atom. The molecule has 0 radical (unpaired) electrons. The Morgan fingerprint density at radius 1 is 1.10 bits per heavy atom. The fraction of sp³-hybridized carbons (Fsp3) is 0.235. The second kappa shape index (κ2) is 5.88. The zero-order chi connectivity index (χ0) is 13.8. The third kappa shape index (κ3) is 2.58. The molecule has 0 aliphatic carbocycles. The lowest BCUT2D eigenvalue weighted by Gasteiger charge is -2.10. The summed E-state index contributed by atoms with van der Waals surface area (Å²) in [5, 5.41) is 1.19. The van der Waals surface area contributed by atoms with Gasteiger partial charge in [0.05, 0.1) is 6.61 Å². The topological polar surface area (TPSA) is 27.1 Å². The molecule has 0 unspecified atom stereocenters. The molecule has 3 nitrogen and oxygen atoms in total. The Bertz CT molecular complexity index is 689. The zero-order valence-corrected chi connectivity index (χ0v) is 11.6. The summed E-state index contributed by atoms with van der Waals surface area (Å²) >= 11 is 0. The number of benzene rings is 1. The molecule has 3 rings (SSSR count). The van der Waals surface area contributed by atoms with Gasteiger partial charge in [-0.2, -0.15) is 0 Å². The van der Waals surface area contributed by atoms with Crippen LogP contribution in [0.2, 0.25) is 0 Å². The molecule has 1 aromatic carbocycles. The van der Waals surface area contributed by atoms with Crippen molar-refractivity contribution >= 4 is 11.0 Å². The van der Waals surface area contributed by atoms with Crippen molar-refractivity contribution in [3.05, 3.63) is 66.0 Å². The van der Waals surface area contributed by atoms with Crippen LogP contribution in [0.25, 0.3) is 11.0 Å². The summed E-state index contributed by atoms with van der Waals surface area (Å²) in [5.74, 6) is 0. The Labute approximate surface area is 118 Å². The smallest absolute Gasteiger partial charge is 0.140 e. The maximum absolute atomic E-state index is 5.21. The van der Waals surface area contributed by atoms with Gasteiger partial charge in [0.25, 0.3) is 0 Å². The van der Waals surface area contributed by atoms with Crippen molar-refractivity contribution in [1.82, 2.24) is 9.55 Å². The van der Waals surface area contributed by atoms with Crippen LogP contribution in [0.4, 0.5) is 0 Å². The van der Waals surface area contributed by atoms with E-state index in [0.717, 1.165) is 25.2 Å². The van der Waals surface area contributed by atoms with E-state index in [1.807, 2.05) is 18.3 Å². The number of fused-ring (bicyclic) bond motifs is 1. The monoisotopic (exact) mass is 266 g/mol. The second-order valence-corrected chi connectivity index (χ2v) is 4.87. The average molecular weight is 266 g/mol. The van der Waals surface area contributed by atoms with E-state index >= 15 is 0 Å².